The fourth-order valence-electron chi connectivity index (χ4n) is 3.00. The van der Waals surface area contributed by atoms with Crippen LogP contribution >= 0.6 is 11.6 Å². The Bertz CT molecular complexity index is 819. The molecule has 1 unspecified atom stereocenters. The standard InChI is InChI=1S/C19H20ClNO4/c1-19(2)10-24-16-9-12(4-6-13(16)17(19)25-18(21)22)11-5-7-15(23-3)14(20)8-11/h4-9,17H,10H2,1-3H3,(H2,21,22). The number of hydrogen-bond acceptors (Lipinski definition) is 4. The Hall–Kier alpha value is -2.40. The van der Waals surface area contributed by atoms with E-state index in [1.54, 1.807) is 7.11 Å². The van der Waals surface area contributed by atoms with Gasteiger partial charge in [0.05, 0.1) is 18.7 Å². The number of primary amides is 1. The van der Waals surface area contributed by atoms with Crippen LogP contribution in [0.15, 0.2) is 36.4 Å². The van der Waals surface area contributed by atoms with Gasteiger partial charge in [0, 0.05) is 11.0 Å². The smallest absolute Gasteiger partial charge is 0.405 e. The second kappa shape index (κ2) is 6.48. The molecule has 0 fully saturated rings. The van der Waals surface area contributed by atoms with Crippen LogP contribution in [-0.2, 0) is 4.74 Å². The van der Waals surface area contributed by atoms with E-state index in [0.29, 0.717) is 23.1 Å². The molecule has 0 spiro atoms. The average Bonchev–Trinajstić information content (AvgIpc) is 2.57. The third kappa shape index (κ3) is 3.37. The molecule has 0 aromatic heterocycles. The van der Waals surface area contributed by atoms with Crippen molar-refractivity contribution in [2.45, 2.75) is 20.0 Å². The molecule has 1 atom stereocenters. The summed E-state index contributed by atoms with van der Waals surface area (Å²) in [6.45, 7) is 4.37. The molecule has 1 aliphatic heterocycles. The zero-order chi connectivity index (χ0) is 18.2. The van der Waals surface area contributed by atoms with Gasteiger partial charge in [-0.15, -0.1) is 0 Å². The van der Waals surface area contributed by atoms with Crippen LogP contribution in [0, 0.1) is 5.41 Å². The number of carbonyl (C=O) groups excluding carboxylic acids is 1. The highest BCUT2D eigenvalue weighted by Gasteiger charge is 2.40. The van der Waals surface area contributed by atoms with Crippen molar-refractivity contribution in [1.82, 2.24) is 0 Å². The average molecular weight is 362 g/mol. The van der Waals surface area contributed by atoms with Crippen LogP contribution in [0.3, 0.4) is 0 Å². The van der Waals surface area contributed by atoms with Gasteiger partial charge in [0.15, 0.2) is 0 Å². The minimum Gasteiger partial charge on any atom is -0.495 e. The molecule has 6 heteroatoms. The first-order valence-corrected chi connectivity index (χ1v) is 8.26. The number of fused-ring (bicyclic) bond motifs is 1. The molecule has 0 saturated carbocycles. The van der Waals surface area contributed by atoms with Gasteiger partial charge in [0.25, 0.3) is 0 Å². The SMILES string of the molecule is COc1ccc(-c2ccc3c(c2)OCC(C)(C)C3OC(N)=O)cc1Cl. The molecule has 0 radical (unpaired) electrons. The van der Waals surface area contributed by atoms with E-state index < -0.39 is 12.2 Å². The lowest BCUT2D eigenvalue weighted by Gasteiger charge is -2.38. The van der Waals surface area contributed by atoms with Crippen molar-refractivity contribution in [2.75, 3.05) is 13.7 Å². The number of benzene rings is 2. The Morgan fingerprint density at radius 1 is 1.24 bits per heavy atom. The third-order valence-electron chi connectivity index (χ3n) is 4.32. The predicted molar refractivity (Wildman–Crippen MR) is 96.1 cm³/mol. The molecule has 1 heterocycles. The summed E-state index contributed by atoms with van der Waals surface area (Å²) in [5, 5.41) is 0.537. The van der Waals surface area contributed by atoms with Gasteiger partial charge in [-0.3, -0.25) is 0 Å². The molecule has 1 amide bonds. The van der Waals surface area contributed by atoms with Crippen molar-refractivity contribution in [2.24, 2.45) is 11.1 Å². The van der Waals surface area contributed by atoms with Crippen LogP contribution in [0.4, 0.5) is 4.79 Å². The van der Waals surface area contributed by atoms with Crippen LogP contribution in [0.5, 0.6) is 11.5 Å². The second-order valence-corrected chi connectivity index (χ2v) is 7.10. The summed E-state index contributed by atoms with van der Waals surface area (Å²) in [6, 6.07) is 11.3. The van der Waals surface area contributed by atoms with E-state index in [9.17, 15) is 4.79 Å². The summed E-state index contributed by atoms with van der Waals surface area (Å²) in [4.78, 5) is 11.3. The van der Waals surface area contributed by atoms with E-state index in [-0.39, 0.29) is 5.41 Å². The Morgan fingerprint density at radius 3 is 2.56 bits per heavy atom. The highest BCUT2D eigenvalue weighted by molar-refractivity contribution is 6.32. The summed E-state index contributed by atoms with van der Waals surface area (Å²) in [7, 11) is 1.58. The first-order valence-electron chi connectivity index (χ1n) is 7.88. The summed E-state index contributed by atoms with van der Waals surface area (Å²) in [5.74, 6) is 1.30. The van der Waals surface area contributed by atoms with E-state index in [1.807, 2.05) is 50.2 Å². The van der Waals surface area contributed by atoms with Crippen molar-refractivity contribution in [3.63, 3.8) is 0 Å². The first kappa shape index (κ1) is 17.4. The van der Waals surface area contributed by atoms with Crippen LogP contribution in [-0.4, -0.2) is 19.8 Å². The molecule has 3 rings (SSSR count). The van der Waals surface area contributed by atoms with Crippen molar-refractivity contribution >= 4 is 17.7 Å². The van der Waals surface area contributed by atoms with Crippen molar-refractivity contribution in [1.29, 1.82) is 0 Å². The summed E-state index contributed by atoms with van der Waals surface area (Å²) < 4.78 is 16.4. The van der Waals surface area contributed by atoms with Gasteiger partial charge in [0.1, 0.15) is 17.6 Å². The molecule has 0 aliphatic carbocycles. The number of hydrogen-bond donors (Lipinski definition) is 1. The minimum absolute atomic E-state index is 0.368. The zero-order valence-electron chi connectivity index (χ0n) is 14.3. The van der Waals surface area contributed by atoms with E-state index in [2.05, 4.69) is 0 Å². The molecule has 1 aliphatic rings. The third-order valence-corrected chi connectivity index (χ3v) is 4.62. The van der Waals surface area contributed by atoms with Gasteiger partial charge >= 0.3 is 6.09 Å². The van der Waals surface area contributed by atoms with Crippen molar-refractivity contribution in [3.8, 4) is 22.6 Å². The predicted octanol–water partition coefficient (Wildman–Crippen LogP) is 4.57. The lowest BCUT2D eigenvalue weighted by Crippen LogP contribution is -2.37. The molecule has 0 bridgehead atoms. The lowest BCUT2D eigenvalue weighted by molar-refractivity contribution is -0.0176. The van der Waals surface area contributed by atoms with Crippen LogP contribution in [0.25, 0.3) is 11.1 Å². The van der Waals surface area contributed by atoms with Gasteiger partial charge in [0.2, 0.25) is 0 Å². The van der Waals surface area contributed by atoms with Gasteiger partial charge in [-0.2, -0.15) is 0 Å². The molecule has 25 heavy (non-hydrogen) atoms. The van der Waals surface area contributed by atoms with Gasteiger partial charge in [-0.1, -0.05) is 43.6 Å². The number of rotatable bonds is 3. The molecular weight excluding hydrogens is 342 g/mol. The molecule has 5 nitrogen and oxygen atoms in total. The van der Waals surface area contributed by atoms with E-state index in [1.165, 1.54) is 0 Å². The molecule has 2 N–H and O–H groups in total. The maximum Gasteiger partial charge on any atom is 0.405 e. The summed E-state index contributed by atoms with van der Waals surface area (Å²) >= 11 is 6.21. The Balaban J connectivity index is 2.00. The largest absolute Gasteiger partial charge is 0.495 e. The summed E-state index contributed by atoms with van der Waals surface area (Å²) in [6.07, 6.45) is -1.25. The lowest BCUT2D eigenvalue weighted by atomic mass is 9.80. The fraction of sp³-hybridized carbons (Fsp3) is 0.316. The quantitative estimate of drug-likeness (QED) is 0.869. The van der Waals surface area contributed by atoms with Gasteiger partial charge in [-0.25, -0.2) is 4.79 Å². The Morgan fingerprint density at radius 2 is 1.92 bits per heavy atom. The number of carbonyl (C=O) groups is 1. The van der Waals surface area contributed by atoms with Crippen LogP contribution in [0.2, 0.25) is 5.02 Å². The topological polar surface area (TPSA) is 70.8 Å². The van der Waals surface area contributed by atoms with Crippen LogP contribution < -0.4 is 15.2 Å². The maximum atomic E-state index is 11.3. The number of ether oxygens (including phenoxy) is 3. The number of halogens is 1. The van der Waals surface area contributed by atoms with Crippen molar-refractivity contribution in [3.05, 3.63) is 47.0 Å². The Labute approximate surface area is 151 Å². The van der Waals surface area contributed by atoms with E-state index in [4.69, 9.17) is 31.5 Å². The van der Waals surface area contributed by atoms with E-state index >= 15 is 0 Å². The first-order chi connectivity index (χ1) is 11.8. The van der Waals surface area contributed by atoms with Crippen LogP contribution in [0.1, 0.15) is 25.5 Å². The monoisotopic (exact) mass is 361 g/mol. The molecule has 2 aromatic rings. The highest BCUT2D eigenvalue weighted by Crippen LogP contribution is 2.46. The molecular formula is C19H20ClNO4. The van der Waals surface area contributed by atoms with Gasteiger partial charge in [-0.05, 0) is 29.3 Å². The Kier molecular flexibility index (Phi) is 4.52. The fourth-order valence-corrected chi connectivity index (χ4v) is 3.26. The van der Waals surface area contributed by atoms with Gasteiger partial charge < -0.3 is 19.9 Å². The molecule has 2 aromatic carbocycles. The zero-order valence-corrected chi connectivity index (χ0v) is 15.1. The highest BCUT2D eigenvalue weighted by atomic mass is 35.5. The molecule has 0 saturated heterocycles. The number of amides is 1. The normalized spacial score (nSPS) is 18.0. The number of methoxy groups -OCH3 is 1. The van der Waals surface area contributed by atoms with Crippen molar-refractivity contribution < 1.29 is 19.0 Å². The minimum atomic E-state index is -0.795. The number of nitrogens with two attached hydrogens (primary N) is 1. The van der Waals surface area contributed by atoms with E-state index in [0.717, 1.165) is 16.7 Å². The second-order valence-electron chi connectivity index (χ2n) is 6.70. The molecule has 132 valence electrons. The summed E-state index contributed by atoms with van der Waals surface area (Å²) in [5.41, 5.74) is 7.56. The maximum absolute atomic E-state index is 11.3.